The van der Waals surface area contributed by atoms with Gasteiger partial charge in [-0.1, -0.05) is 29.3 Å². The van der Waals surface area contributed by atoms with E-state index in [2.05, 4.69) is 5.32 Å². The van der Waals surface area contributed by atoms with Crippen molar-refractivity contribution in [3.05, 3.63) is 94.0 Å². The molecule has 3 aromatic carbocycles. The maximum atomic E-state index is 13.3. The van der Waals surface area contributed by atoms with E-state index in [9.17, 15) is 22.0 Å². The van der Waals surface area contributed by atoms with Gasteiger partial charge in [0.2, 0.25) is 5.91 Å². The van der Waals surface area contributed by atoms with Gasteiger partial charge in [0, 0.05) is 16.6 Å². The number of benzene rings is 3. The average Bonchev–Trinajstić information content (AvgIpc) is 2.72. The summed E-state index contributed by atoms with van der Waals surface area (Å²) in [5.41, 5.74) is 0.666. The molecule has 0 saturated carbocycles. The summed E-state index contributed by atoms with van der Waals surface area (Å²) in [5, 5.41) is 3.38. The van der Waals surface area contributed by atoms with Gasteiger partial charge in [-0.25, -0.2) is 17.2 Å². The minimum atomic E-state index is -4.24. The summed E-state index contributed by atoms with van der Waals surface area (Å²) in [6, 6.07) is 13.6. The van der Waals surface area contributed by atoms with E-state index in [4.69, 9.17) is 23.2 Å². The van der Waals surface area contributed by atoms with Gasteiger partial charge in [0.1, 0.15) is 18.2 Å². The van der Waals surface area contributed by atoms with Crippen molar-refractivity contribution in [3.63, 3.8) is 0 Å². The number of halogens is 4. The van der Waals surface area contributed by atoms with Gasteiger partial charge >= 0.3 is 0 Å². The Bertz CT molecular complexity index is 1190. The SMILES string of the molecule is O=C(CN(c1ccc(F)cc1)S(=O)(=O)c1ccc(F)cc1)NCc1ccc(Cl)cc1Cl. The number of carbonyl (C=O) groups excluding carboxylic acids is 1. The second-order valence-corrected chi connectivity index (χ2v) is 9.16. The third-order valence-electron chi connectivity index (χ3n) is 4.29. The predicted octanol–water partition coefficient (Wildman–Crippen LogP) is 4.78. The second kappa shape index (κ2) is 9.64. The molecule has 3 aromatic rings. The summed E-state index contributed by atoms with van der Waals surface area (Å²) in [6.07, 6.45) is 0. The summed E-state index contributed by atoms with van der Waals surface area (Å²) < 4.78 is 53.6. The number of amides is 1. The summed E-state index contributed by atoms with van der Waals surface area (Å²) in [4.78, 5) is 12.3. The average molecular weight is 485 g/mol. The first-order valence-electron chi connectivity index (χ1n) is 8.91. The number of anilines is 1. The fraction of sp³-hybridized carbons (Fsp3) is 0.0952. The lowest BCUT2D eigenvalue weighted by Gasteiger charge is -2.24. The van der Waals surface area contributed by atoms with Crippen molar-refractivity contribution in [3.8, 4) is 0 Å². The van der Waals surface area contributed by atoms with Crippen LogP contribution < -0.4 is 9.62 Å². The summed E-state index contributed by atoms with van der Waals surface area (Å²) in [6.45, 7) is -0.542. The molecule has 162 valence electrons. The number of hydrogen-bond acceptors (Lipinski definition) is 3. The summed E-state index contributed by atoms with van der Waals surface area (Å²) in [7, 11) is -4.24. The molecule has 1 N–H and O–H groups in total. The van der Waals surface area contributed by atoms with Crippen molar-refractivity contribution in [2.45, 2.75) is 11.4 Å². The number of sulfonamides is 1. The van der Waals surface area contributed by atoms with Crippen LogP contribution in [0.2, 0.25) is 10.0 Å². The molecule has 1 amide bonds. The Balaban J connectivity index is 1.85. The highest BCUT2D eigenvalue weighted by molar-refractivity contribution is 7.92. The van der Waals surface area contributed by atoms with Crippen LogP contribution >= 0.6 is 23.2 Å². The molecule has 0 aliphatic heterocycles. The molecular formula is C21H16Cl2F2N2O3S. The lowest BCUT2D eigenvalue weighted by molar-refractivity contribution is -0.119. The standard InChI is InChI=1S/C21H16Cl2F2N2O3S/c22-15-2-1-14(20(23)11-15)12-26-21(28)13-27(18-7-3-16(24)4-8-18)31(29,30)19-9-5-17(25)6-10-19/h1-11H,12-13H2,(H,26,28). The predicted molar refractivity (Wildman–Crippen MR) is 116 cm³/mol. The second-order valence-electron chi connectivity index (χ2n) is 6.45. The molecule has 0 aliphatic carbocycles. The van der Waals surface area contributed by atoms with E-state index in [-0.39, 0.29) is 17.1 Å². The minimum Gasteiger partial charge on any atom is -0.350 e. The molecule has 0 bridgehead atoms. The van der Waals surface area contributed by atoms with Crippen LogP contribution in [0.25, 0.3) is 0 Å². The lowest BCUT2D eigenvalue weighted by Crippen LogP contribution is -2.40. The molecular weight excluding hydrogens is 469 g/mol. The highest BCUT2D eigenvalue weighted by Gasteiger charge is 2.27. The van der Waals surface area contributed by atoms with Crippen molar-refractivity contribution in [1.29, 1.82) is 0 Å². The lowest BCUT2D eigenvalue weighted by atomic mass is 10.2. The van der Waals surface area contributed by atoms with E-state index in [1.807, 2.05) is 0 Å². The molecule has 0 saturated heterocycles. The van der Waals surface area contributed by atoms with Crippen molar-refractivity contribution >= 4 is 44.8 Å². The largest absolute Gasteiger partial charge is 0.350 e. The van der Waals surface area contributed by atoms with E-state index < -0.39 is 34.1 Å². The van der Waals surface area contributed by atoms with Gasteiger partial charge in [-0.15, -0.1) is 0 Å². The maximum Gasteiger partial charge on any atom is 0.264 e. The molecule has 0 aliphatic rings. The molecule has 10 heteroatoms. The normalized spacial score (nSPS) is 11.2. The van der Waals surface area contributed by atoms with Crippen LogP contribution in [0.15, 0.2) is 71.6 Å². The van der Waals surface area contributed by atoms with Crippen LogP contribution in [0.5, 0.6) is 0 Å². The number of carbonyl (C=O) groups is 1. The smallest absolute Gasteiger partial charge is 0.264 e. The van der Waals surface area contributed by atoms with Gasteiger partial charge in [0.25, 0.3) is 10.0 Å². The first kappa shape index (κ1) is 23.0. The Hall–Kier alpha value is -2.68. The number of nitrogens with zero attached hydrogens (tertiary/aromatic N) is 1. The van der Waals surface area contributed by atoms with Crippen LogP contribution in [0.4, 0.5) is 14.5 Å². The fourth-order valence-electron chi connectivity index (χ4n) is 2.70. The molecule has 0 fully saturated rings. The van der Waals surface area contributed by atoms with Crippen LogP contribution in [0.3, 0.4) is 0 Å². The molecule has 0 atom stereocenters. The van der Waals surface area contributed by atoms with Crippen molar-refractivity contribution in [1.82, 2.24) is 5.32 Å². The molecule has 0 radical (unpaired) electrons. The highest BCUT2D eigenvalue weighted by atomic mass is 35.5. The van der Waals surface area contributed by atoms with E-state index in [1.54, 1.807) is 12.1 Å². The topological polar surface area (TPSA) is 66.5 Å². The molecule has 5 nitrogen and oxygen atoms in total. The molecule has 0 heterocycles. The van der Waals surface area contributed by atoms with Crippen molar-refractivity contribution in [2.24, 2.45) is 0 Å². The minimum absolute atomic E-state index is 0.0443. The van der Waals surface area contributed by atoms with Crippen molar-refractivity contribution < 1.29 is 22.0 Å². The monoisotopic (exact) mass is 484 g/mol. The van der Waals surface area contributed by atoms with Crippen LogP contribution in [0.1, 0.15) is 5.56 Å². The third kappa shape index (κ3) is 5.72. The quantitative estimate of drug-likeness (QED) is 0.524. The van der Waals surface area contributed by atoms with E-state index in [1.165, 1.54) is 18.2 Å². The molecule has 3 rings (SSSR count). The van der Waals surface area contributed by atoms with Gasteiger partial charge in [0.15, 0.2) is 0 Å². The maximum absolute atomic E-state index is 13.3. The fourth-order valence-corrected chi connectivity index (χ4v) is 4.60. The molecule has 0 unspecified atom stereocenters. The Labute approximate surface area is 188 Å². The van der Waals surface area contributed by atoms with E-state index >= 15 is 0 Å². The first-order chi connectivity index (χ1) is 14.7. The number of rotatable bonds is 7. The first-order valence-corrected chi connectivity index (χ1v) is 11.1. The molecule has 0 spiro atoms. The Kier molecular flexibility index (Phi) is 7.15. The van der Waals surface area contributed by atoms with Gasteiger partial charge < -0.3 is 5.32 Å². The zero-order chi connectivity index (χ0) is 22.6. The van der Waals surface area contributed by atoms with Crippen LogP contribution in [-0.4, -0.2) is 20.9 Å². The van der Waals surface area contributed by atoms with Gasteiger partial charge in [-0.05, 0) is 66.2 Å². The molecule has 0 aromatic heterocycles. The number of nitrogens with one attached hydrogen (secondary N) is 1. The highest BCUT2D eigenvalue weighted by Crippen LogP contribution is 2.24. The van der Waals surface area contributed by atoms with E-state index in [0.717, 1.165) is 40.7 Å². The van der Waals surface area contributed by atoms with Crippen LogP contribution in [0, 0.1) is 11.6 Å². The van der Waals surface area contributed by atoms with Gasteiger partial charge in [-0.3, -0.25) is 9.10 Å². The Morgan fingerprint density at radius 3 is 2.06 bits per heavy atom. The zero-order valence-corrected chi connectivity index (χ0v) is 18.2. The van der Waals surface area contributed by atoms with Gasteiger partial charge in [0.05, 0.1) is 10.6 Å². The Morgan fingerprint density at radius 2 is 1.48 bits per heavy atom. The molecule has 31 heavy (non-hydrogen) atoms. The van der Waals surface area contributed by atoms with Crippen molar-refractivity contribution in [2.75, 3.05) is 10.8 Å². The third-order valence-corrected chi connectivity index (χ3v) is 6.67. The summed E-state index contributed by atoms with van der Waals surface area (Å²) >= 11 is 11.9. The zero-order valence-electron chi connectivity index (χ0n) is 15.9. The number of hydrogen-bond donors (Lipinski definition) is 1. The van der Waals surface area contributed by atoms with Gasteiger partial charge in [-0.2, -0.15) is 0 Å². The van der Waals surface area contributed by atoms with Crippen LogP contribution in [-0.2, 0) is 21.4 Å². The summed E-state index contributed by atoms with van der Waals surface area (Å²) in [5.74, 6) is -1.80. The Morgan fingerprint density at radius 1 is 0.903 bits per heavy atom. The van der Waals surface area contributed by atoms with E-state index in [0.29, 0.717) is 15.6 Å².